The topological polar surface area (TPSA) is 0 Å². The van der Waals surface area contributed by atoms with E-state index in [1.165, 1.54) is 64.2 Å². The van der Waals surface area contributed by atoms with E-state index in [2.05, 4.69) is 38.5 Å². The molecular formula is C21H35. The molecular weight excluding hydrogens is 252 g/mol. The van der Waals surface area contributed by atoms with Gasteiger partial charge in [0.2, 0.25) is 0 Å². The lowest BCUT2D eigenvalue weighted by molar-refractivity contribution is 0.529. The summed E-state index contributed by atoms with van der Waals surface area (Å²) in [5, 5.41) is 0. The Morgan fingerprint density at radius 3 is 2.10 bits per heavy atom. The van der Waals surface area contributed by atoms with Crippen LogP contribution in [0.2, 0.25) is 0 Å². The van der Waals surface area contributed by atoms with Crippen molar-refractivity contribution in [2.24, 2.45) is 11.8 Å². The molecule has 0 saturated heterocycles. The second-order valence-electron chi connectivity index (χ2n) is 6.57. The fourth-order valence-corrected chi connectivity index (χ4v) is 2.45. The first-order chi connectivity index (χ1) is 10.2. The zero-order valence-electron chi connectivity index (χ0n) is 14.6. The molecule has 0 aliphatic carbocycles. The van der Waals surface area contributed by atoms with Crippen molar-refractivity contribution in [2.75, 3.05) is 0 Å². The summed E-state index contributed by atoms with van der Waals surface area (Å²) < 4.78 is 0. The lowest BCUT2D eigenvalue weighted by Gasteiger charge is -2.03. The Labute approximate surface area is 134 Å². The van der Waals surface area contributed by atoms with E-state index in [0.717, 1.165) is 18.8 Å². The molecule has 1 radical (unpaired) electrons. The molecule has 0 rings (SSSR count). The second kappa shape index (κ2) is 15.5. The van der Waals surface area contributed by atoms with Gasteiger partial charge in [-0.15, -0.1) is 5.92 Å². The van der Waals surface area contributed by atoms with E-state index in [1.807, 2.05) is 0 Å². The lowest BCUT2D eigenvalue weighted by atomic mass is 10.0. The number of hydrogen-bond acceptors (Lipinski definition) is 0. The van der Waals surface area contributed by atoms with Gasteiger partial charge < -0.3 is 0 Å². The number of rotatable bonds is 12. The Hall–Kier alpha value is -0.880. The van der Waals surface area contributed by atoms with Gasteiger partial charge in [-0.3, -0.25) is 0 Å². The molecule has 0 amide bonds. The van der Waals surface area contributed by atoms with Gasteiger partial charge in [0, 0.05) is 6.42 Å². The van der Waals surface area contributed by atoms with Crippen LogP contribution in [0.15, 0.2) is 0 Å². The molecule has 0 heterocycles. The molecule has 0 aromatic rings. The van der Waals surface area contributed by atoms with Gasteiger partial charge in [-0.2, -0.15) is 0 Å². The molecule has 0 fully saturated rings. The minimum Gasteiger partial charge on any atom is -0.102 e. The molecule has 0 spiro atoms. The van der Waals surface area contributed by atoms with Crippen molar-refractivity contribution in [3.63, 3.8) is 0 Å². The first-order valence-electron chi connectivity index (χ1n) is 9.11. The maximum atomic E-state index is 7.35. The van der Waals surface area contributed by atoms with Crippen LogP contribution in [0.4, 0.5) is 0 Å². The van der Waals surface area contributed by atoms with Crippen LogP contribution in [0, 0.1) is 36.0 Å². The zero-order chi connectivity index (χ0) is 15.8. The Morgan fingerprint density at radius 2 is 1.43 bits per heavy atom. The van der Waals surface area contributed by atoms with E-state index >= 15 is 0 Å². The van der Waals surface area contributed by atoms with Crippen molar-refractivity contribution >= 4 is 0 Å². The van der Waals surface area contributed by atoms with Crippen LogP contribution < -0.4 is 0 Å². The van der Waals surface area contributed by atoms with Crippen LogP contribution in [0.3, 0.4) is 0 Å². The smallest absolute Gasteiger partial charge is 0.0821 e. The average Bonchev–Trinajstić information content (AvgIpc) is 2.47. The first kappa shape index (κ1) is 20.1. The van der Waals surface area contributed by atoms with Gasteiger partial charge in [0.15, 0.2) is 0 Å². The molecule has 0 aromatic heterocycles. The summed E-state index contributed by atoms with van der Waals surface area (Å²) in [6, 6.07) is 0. The second-order valence-corrected chi connectivity index (χ2v) is 6.57. The highest BCUT2D eigenvalue weighted by Gasteiger charge is 2.00. The van der Waals surface area contributed by atoms with Crippen molar-refractivity contribution < 1.29 is 0 Å². The van der Waals surface area contributed by atoms with Crippen LogP contribution in [0.5, 0.6) is 0 Å². The molecule has 0 bridgehead atoms. The van der Waals surface area contributed by atoms with Crippen molar-refractivity contribution in [3.8, 4) is 17.8 Å². The van der Waals surface area contributed by atoms with E-state index in [0.29, 0.717) is 0 Å². The predicted molar refractivity (Wildman–Crippen MR) is 94.3 cm³/mol. The molecule has 0 saturated carbocycles. The monoisotopic (exact) mass is 287 g/mol. The molecule has 0 aliphatic heterocycles. The third-order valence-electron chi connectivity index (χ3n) is 3.88. The molecule has 0 aromatic carbocycles. The van der Waals surface area contributed by atoms with Gasteiger partial charge in [0.05, 0.1) is 5.92 Å². The van der Waals surface area contributed by atoms with E-state index < -0.39 is 0 Å². The summed E-state index contributed by atoms with van der Waals surface area (Å²) in [6.07, 6.45) is 22.4. The summed E-state index contributed by atoms with van der Waals surface area (Å²) in [7, 11) is 0. The SMILES string of the molecule is [C]#CC(C#CCCCCCC(C)C)CCCCCCCC. The molecule has 0 aliphatic rings. The minimum absolute atomic E-state index is 0.0758. The Kier molecular flexibility index (Phi) is 14.9. The summed E-state index contributed by atoms with van der Waals surface area (Å²) in [5.74, 6) is 9.97. The normalized spacial score (nSPS) is 11.8. The summed E-state index contributed by atoms with van der Waals surface area (Å²) in [4.78, 5) is 0. The standard InChI is InChI=1S/C21H35/c1-5-7-8-9-12-15-18-21(6-2)19-16-13-10-11-14-17-20(3)4/h20-21H,5,7-15,17-18H2,1,3-4H3. The van der Waals surface area contributed by atoms with E-state index in [4.69, 9.17) is 6.42 Å². The van der Waals surface area contributed by atoms with E-state index in [9.17, 15) is 0 Å². The quantitative estimate of drug-likeness (QED) is 0.282. The van der Waals surface area contributed by atoms with E-state index in [1.54, 1.807) is 0 Å². The number of hydrogen-bond donors (Lipinski definition) is 0. The average molecular weight is 288 g/mol. The highest BCUT2D eigenvalue weighted by atomic mass is 14.0. The molecule has 1 unspecified atom stereocenters. The molecule has 1 atom stereocenters. The maximum Gasteiger partial charge on any atom is 0.0821 e. The van der Waals surface area contributed by atoms with Crippen LogP contribution in [-0.2, 0) is 0 Å². The van der Waals surface area contributed by atoms with Crippen LogP contribution in [-0.4, -0.2) is 0 Å². The largest absolute Gasteiger partial charge is 0.102 e. The Bertz CT molecular complexity index is 307. The van der Waals surface area contributed by atoms with Gasteiger partial charge in [0.25, 0.3) is 0 Å². The van der Waals surface area contributed by atoms with Crippen molar-refractivity contribution in [1.82, 2.24) is 0 Å². The highest BCUT2D eigenvalue weighted by Crippen LogP contribution is 2.12. The third-order valence-corrected chi connectivity index (χ3v) is 3.88. The summed E-state index contributed by atoms with van der Waals surface area (Å²) in [6.45, 7) is 6.82. The fraction of sp³-hybridized carbons (Fsp3) is 0.810. The van der Waals surface area contributed by atoms with E-state index in [-0.39, 0.29) is 5.92 Å². The van der Waals surface area contributed by atoms with Crippen LogP contribution in [0.25, 0.3) is 0 Å². The number of unbranched alkanes of at least 4 members (excludes halogenated alkanes) is 8. The predicted octanol–water partition coefficient (Wildman–Crippen LogP) is 6.55. The van der Waals surface area contributed by atoms with Crippen LogP contribution >= 0.6 is 0 Å². The zero-order valence-corrected chi connectivity index (χ0v) is 14.6. The molecule has 119 valence electrons. The van der Waals surface area contributed by atoms with Gasteiger partial charge >= 0.3 is 0 Å². The summed E-state index contributed by atoms with van der Waals surface area (Å²) >= 11 is 0. The lowest BCUT2D eigenvalue weighted by Crippen LogP contribution is -1.93. The maximum absolute atomic E-state index is 7.35. The third kappa shape index (κ3) is 15.3. The van der Waals surface area contributed by atoms with Gasteiger partial charge in [-0.25, -0.2) is 0 Å². The van der Waals surface area contributed by atoms with Crippen molar-refractivity contribution in [2.45, 2.75) is 97.8 Å². The van der Waals surface area contributed by atoms with Crippen molar-refractivity contribution in [3.05, 3.63) is 6.42 Å². The Balaban J connectivity index is 3.56. The van der Waals surface area contributed by atoms with Gasteiger partial charge in [-0.1, -0.05) is 90.4 Å². The Morgan fingerprint density at radius 1 is 0.810 bits per heavy atom. The van der Waals surface area contributed by atoms with Gasteiger partial charge in [0.1, 0.15) is 0 Å². The molecule has 0 N–H and O–H groups in total. The summed E-state index contributed by atoms with van der Waals surface area (Å²) in [5.41, 5.74) is 0. The minimum atomic E-state index is 0.0758. The molecule has 21 heavy (non-hydrogen) atoms. The highest BCUT2D eigenvalue weighted by molar-refractivity contribution is 5.12. The van der Waals surface area contributed by atoms with Gasteiger partial charge in [-0.05, 0) is 25.2 Å². The van der Waals surface area contributed by atoms with Crippen molar-refractivity contribution in [1.29, 1.82) is 0 Å². The molecule has 0 heteroatoms. The van der Waals surface area contributed by atoms with Crippen LogP contribution in [0.1, 0.15) is 97.8 Å². The first-order valence-corrected chi connectivity index (χ1v) is 9.11. The fourth-order valence-electron chi connectivity index (χ4n) is 2.45. The molecule has 0 nitrogen and oxygen atoms in total.